The topological polar surface area (TPSA) is 21.3 Å². The Bertz CT molecular complexity index is 351. The van der Waals surface area contributed by atoms with E-state index < -0.39 is 0 Å². The highest BCUT2D eigenvalue weighted by atomic mass is 16.5. The summed E-state index contributed by atoms with van der Waals surface area (Å²) in [5, 5.41) is 3.67. The summed E-state index contributed by atoms with van der Waals surface area (Å²) in [6, 6.07) is 8.89. The molecule has 0 bridgehead atoms. The monoisotopic (exact) mass is 247 g/mol. The van der Waals surface area contributed by atoms with Gasteiger partial charge in [0.2, 0.25) is 0 Å². The van der Waals surface area contributed by atoms with Crippen molar-refractivity contribution >= 4 is 0 Å². The molecule has 0 radical (unpaired) electrons. The molecule has 18 heavy (non-hydrogen) atoms. The van der Waals surface area contributed by atoms with Crippen molar-refractivity contribution < 1.29 is 4.74 Å². The molecule has 1 aromatic rings. The number of ether oxygens (including phenoxy) is 1. The normalized spacial score (nSPS) is 18.2. The Kier molecular flexibility index (Phi) is 5.53. The summed E-state index contributed by atoms with van der Waals surface area (Å²) in [6.07, 6.45) is 7.81. The van der Waals surface area contributed by atoms with Crippen LogP contribution in [0, 0.1) is 0 Å². The predicted molar refractivity (Wildman–Crippen MR) is 76.1 cm³/mol. The molecule has 0 aliphatic carbocycles. The van der Waals surface area contributed by atoms with Crippen LogP contribution in [-0.2, 0) is 0 Å². The minimum absolute atomic E-state index is 0.487. The van der Waals surface area contributed by atoms with Gasteiger partial charge in [0.1, 0.15) is 5.75 Å². The van der Waals surface area contributed by atoms with Gasteiger partial charge in [0.05, 0.1) is 6.61 Å². The third-order valence-electron chi connectivity index (χ3n) is 3.63. The maximum absolute atomic E-state index is 5.67. The summed E-state index contributed by atoms with van der Waals surface area (Å²) in [6.45, 7) is 4.23. The number of unbranched alkanes of at least 4 members (excludes halogenated alkanes) is 4. The number of fused-ring (bicyclic) bond motifs is 1. The summed E-state index contributed by atoms with van der Waals surface area (Å²) >= 11 is 0. The molecule has 1 unspecified atom stereocenters. The first-order valence-corrected chi connectivity index (χ1v) is 7.37. The van der Waals surface area contributed by atoms with E-state index in [1.807, 2.05) is 6.07 Å². The van der Waals surface area contributed by atoms with Crippen molar-refractivity contribution in [1.29, 1.82) is 0 Å². The lowest BCUT2D eigenvalue weighted by Crippen LogP contribution is -2.27. The largest absolute Gasteiger partial charge is 0.493 e. The van der Waals surface area contributed by atoms with Crippen molar-refractivity contribution in [1.82, 2.24) is 5.32 Å². The Balaban J connectivity index is 1.74. The van der Waals surface area contributed by atoms with Crippen molar-refractivity contribution in [3.8, 4) is 5.75 Å². The van der Waals surface area contributed by atoms with Crippen LogP contribution >= 0.6 is 0 Å². The van der Waals surface area contributed by atoms with Crippen molar-refractivity contribution in [2.75, 3.05) is 13.2 Å². The first-order valence-electron chi connectivity index (χ1n) is 7.37. The molecule has 1 aliphatic heterocycles. The van der Waals surface area contributed by atoms with Crippen molar-refractivity contribution in [2.24, 2.45) is 0 Å². The SMILES string of the molecule is CCCCCCCNC1CCOc2ccccc21. The predicted octanol–water partition coefficient (Wildman–Crippen LogP) is 4.07. The Labute approximate surface area is 111 Å². The van der Waals surface area contributed by atoms with Gasteiger partial charge in [-0.25, -0.2) is 0 Å². The fourth-order valence-electron chi connectivity index (χ4n) is 2.56. The molecule has 0 saturated heterocycles. The minimum atomic E-state index is 0.487. The van der Waals surface area contributed by atoms with Gasteiger partial charge >= 0.3 is 0 Å². The highest BCUT2D eigenvalue weighted by molar-refractivity contribution is 5.37. The molecule has 1 atom stereocenters. The molecule has 1 heterocycles. The first-order chi connectivity index (χ1) is 8.92. The number of para-hydroxylation sites is 1. The lowest BCUT2D eigenvalue weighted by molar-refractivity contribution is 0.252. The molecule has 0 spiro atoms. The smallest absolute Gasteiger partial charge is 0.124 e. The quantitative estimate of drug-likeness (QED) is 0.733. The maximum Gasteiger partial charge on any atom is 0.124 e. The van der Waals surface area contributed by atoms with Crippen LogP contribution in [0.5, 0.6) is 5.75 Å². The van der Waals surface area contributed by atoms with Crippen molar-refractivity contribution in [3.63, 3.8) is 0 Å². The fourth-order valence-corrected chi connectivity index (χ4v) is 2.56. The third kappa shape index (κ3) is 3.74. The Morgan fingerprint density at radius 3 is 2.89 bits per heavy atom. The maximum atomic E-state index is 5.67. The zero-order chi connectivity index (χ0) is 12.6. The minimum Gasteiger partial charge on any atom is -0.493 e. The number of hydrogen-bond acceptors (Lipinski definition) is 2. The molecule has 2 rings (SSSR count). The molecule has 2 heteroatoms. The lowest BCUT2D eigenvalue weighted by atomic mass is 10.0. The number of nitrogens with one attached hydrogen (secondary N) is 1. The van der Waals surface area contributed by atoms with Crippen LogP contribution in [0.2, 0.25) is 0 Å². The van der Waals surface area contributed by atoms with Gasteiger partial charge in [-0.15, -0.1) is 0 Å². The number of rotatable bonds is 7. The Hall–Kier alpha value is -1.02. The fraction of sp³-hybridized carbons (Fsp3) is 0.625. The summed E-state index contributed by atoms with van der Waals surface area (Å²) in [4.78, 5) is 0. The van der Waals surface area contributed by atoms with E-state index in [2.05, 4.69) is 30.4 Å². The molecular formula is C16H25NO. The van der Waals surface area contributed by atoms with E-state index in [0.29, 0.717) is 6.04 Å². The Morgan fingerprint density at radius 1 is 1.17 bits per heavy atom. The van der Waals surface area contributed by atoms with E-state index in [1.54, 1.807) is 0 Å². The summed E-state index contributed by atoms with van der Waals surface area (Å²) in [7, 11) is 0. The van der Waals surface area contributed by atoms with Gasteiger partial charge in [-0.3, -0.25) is 0 Å². The van der Waals surface area contributed by atoms with E-state index in [1.165, 1.54) is 37.7 Å². The van der Waals surface area contributed by atoms with Gasteiger partial charge < -0.3 is 10.1 Å². The van der Waals surface area contributed by atoms with Crippen molar-refractivity contribution in [3.05, 3.63) is 29.8 Å². The second-order valence-electron chi connectivity index (χ2n) is 5.10. The highest BCUT2D eigenvalue weighted by Gasteiger charge is 2.19. The van der Waals surface area contributed by atoms with E-state index in [0.717, 1.165) is 25.3 Å². The van der Waals surface area contributed by atoms with Gasteiger partial charge in [-0.2, -0.15) is 0 Å². The molecular weight excluding hydrogens is 222 g/mol. The van der Waals surface area contributed by atoms with E-state index in [-0.39, 0.29) is 0 Å². The average Bonchev–Trinajstić information content (AvgIpc) is 2.43. The second-order valence-corrected chi connectivity index (χ2v) is 5.10. The molecule has 1 aromatic carbocycles. The third-order valence-corrected chi connectivity index (χ3v) is 3.63. The molecule has 2 nitrogen and oxygen atoms in total. The van der Waals surface area contributed by atoms with Crippen LogP contribution < -0.4 is 10.1 Å². The molecule has 0 saturated carbocycles. The average molecular weight is 247 g/mol. The van der Waals surface area contributed by atoms with Gasteiger partial charge in [-0.1, -0.05) is 50.8 Å². The van der Waals surface area contributed by atoms with Crippen molar-refractivity contribution in [2.45, 2.75) is 51.5 Å². The number of hydrogen-bond donors (Lipinski definition) is 1. The van der Waals surface area contributed by atoms with E-state index >= 15 is 0 Å². The summed E-state index contributed by atoms with van der Waals surface area (Å²) in [5.41, 5.74) is 1.33. The van der Waals surface area contributed by atoms with Crippen LogP contribution in [-0.4, -0.2) is 13.2 Å². The zero-order valence-corrected chi connectivity index (χ0v) is 11.5. The molecule has 1 aliphatic rings. The molecule has 0 fully saturated rings. The molecule has 0 aromatic heterocycles. The first kappa shape index (κ1) is 13.4. The van der Waals surface area contributed by atoms with Crippen LogP contribution in [0.1, 0.15) is 57.1 Å². The second kappa shape index (κ2) is 7.42. The van der Waals surface area contributed by atoms with Gasteiger partial charge in [0, 0.05) is 18.0 Å². The standard InChI is InChI=1S/C16H25NO/c1-2-3-4-5-8-12-17-15-11-13-18-16-10-7-6-9-14(15)16/h6-7,9-10,15,17H,2-5,8,11-13H2,1H3. The highest BCUT2D eigenvalue weighted by Crippen LogP contribution is 2.31. The lowest BCUT2D eigenvalue weighted by Gasteiger charge is -2.26. The van der Waals surface area contributed by atoms with Crippen LogP contribution in [0.15, 0.2) is 24.3 Å². The zero-order valence-electron chi connectivity index (χ0n) is 11.5. The van der Waals surface area contributed by atoms with Crippen LogP contribution in [0.4, 0.5) is 0 Å². The van der Waals surface area contributed by atoms with Crippen LogP contribution in [0.3, 0.4) is 0 Å². The summed E-state index contributed by atoms with van der Waals surface area (Å²) < 4.78 is 5.67. The molecule has 0 amide bonds. The van der Waals surface area contributed by atoms with Gasteiger partial charge in [0.25, 0.3) is 0 Å². The van der Waals surface area contributed by atoms with Crippen LogP contribution in [0.25, 0.3) is 0 Å². The van der Waals surface area contributed by atoms with Gasteiger partial charge in [-0.05, 0) is 19.0 Å². The molecule has 100 valence electrons. The van der Waals surface area contributed by atoms with E-state index in [9.17, 15) is 0 Å². The van der Waals surface area contributed by atoms with E-state index in [4.69, 9.17) is 4.74 Å². The summed E-state index contributed by atoms with van der Waals surface area (Å²) in [5.74, 6) is 1.06. The van der Waals surface area contributed by atoms with Gasteiger partial charge in [0.15, 0.2) is 0 Å². The molecule has 1 N–H and O–H groups in total. The number of benzene rings is 1. The Morgan fingerprint density at radius 2 is 2.00 bits per heavy atom.